The molecule has 0 aromatic rings. The molecule has 1 saturated carbocycles. The van der Waals surface area contributed by atoms with Gasteiger partial charge >= 0.3 is 6.18 Å². The van der Waals surface area contributed by atoms with Crippen molar-refractivity contribution in [2.24, 2.45) is 17.8 Å². The van der Waals surface area contributed by atoms with E-state index in [4.69, 9.17) is 4.74 Å². The van der Waals surface area contributed by atoms with Crippen LogP contribution in [0.1, 0.15) is 58.3 Å². The van der Waals surface area contributed by atoms with Gasteiger partial charge < -0.3 is 15.4 Å². The van der Waals surface area contributed by atoms with Gasteiger partial charge in [0.25, 0.3) is 0 Å². The summed E-state index contributed by atoms with van der Waals surface area (Å²) in [5, 5.41) is 20.8. The van der Waals surface area contributed by atoms with Gasteiger partial charge in [-0.3, -0.25) is 26.1 Å². The SMILES string of the molecule is CC1CCC(NC(=O)C2CCC(OCC(F)(F)F)NC2)CC1NC1NCCC(C2CCCNC2)N1. The molecule has 0 spiro atoms. The average molecular weight is 505 g/mol. The molecular weight excluding hydrogens is 461 g/mol. The molecule has 0 radical (unpaired) electrons. The minimum Gasteiger partial charge on any atom is -0.354 e. The molecule has 1 aliphatic carbocycles. The first kappa shape index (κ1) is 27.1. The predicted molar refractivity (Wildman–Crippen MR) is 127 cm³/mol. The monoisotopic (exact) mass is 504 g/mol. The fraction of sp³-hybridized carbons (Fsp3) is 0.958. The minimum atomic E-state index is -4.34. The normalized spacial score (nSPS) is 39.2. The number of carbonyl (C=O) groups excluding carboxylic acids is 1. The maximum absolute atomic E-state index is 12.9. The molecule has 4 aliphatic rings. The Morgan fingerprint density at radius 2 is 1.89 bits per heavy atom. The third kappa shape index (κ3) is 8.26. The lowest BCUT2D eigenvalue weighted by atomic mass is 9.82. The summed E-state index contributed by atoms with van der Waals surface area (Å²) < 4.78 is 41.9. The predicted octanol–water partition coefficient (Wildman–Crippen LogP) is 1.39. The van der Waals surface area contributed by atoms with Crippen molar-refractivity contribution in [1.29, 1.82) is 0 Å². The summed E-state index contributed by atoms with van der Waals surface area (Å²) in [7, 11) is 0. The van der Waals surface area contributed by atoms with Gasteiger partial charge in [0.15, 0.2) is 0 Å². The van der Waals surface area contributed by atoms with Crippen LogP contribution >= 0.6 is 0 Å². The van der Waals surface area contributed by atoms with Crippen LogP contribution in [-0.4, -0.2) is 75.5 Å². The number of nitrogens with one attached hydrogen (secondary N) is 6. The van der Waals surface area contributed by atoms with Gasteiger partial charge in [-0.05, 0) is 82.8 Å². The zero-order valence-electron chi connectivity index (χ0n) is 20.8. The van der Waals surface area contributed by atoms with Crippen molar-refractivity contribution in [3.8, 4) is 0 Å². The summed E-state index contributed by atoms with van der Waals surface area (Å²) in [5.41, 5.74) is 0. The highest BCUT2D eigenvalue weighted by atomic mass is 19.4. The van der Waals surface area contributed by atoms with Gasteiger partial charge in [-0.25, -0.2) is 0 Å². The topological polar surface area (TPSA) is 98.5 Å². The van der Waals surface area contributed by atoms with E-state index in [9.17, 15) is 18.0 Å². The lowest BCUT2D eigenvalue weighted by molar-refractivity contribution is -0.191. The van der Waals surface area contributed by atoms with Gasteiger partial charge in [-0.1, -0.05) is 6.92 Å². The van der Waals surface area contributed by atoms with E-state index >= 15 is 0 Å². The summed E-state index contributed by atoms with van der Waals surface area (Å²) >= 11 is 0. The van der Waals surface area contributed by atoms with E-state index in [1.54, 1.807) is 0 Å². The smallest absolute Gasteiger partial charge is 0.354 e. The van der Waals surface area contributed by atoms with E-state index < -0.39 is 19.0 Å². The molecule has 3 heterocycles. The maximum Gasteiger partial charge on any atom is 0.411 e. The number of halogens is 3. The van der Waals surface area contributed by atoms with Crippen LogP contribution in [0.2, 0.25) is 0 Å². The third-order valence-electron chi connectivity index (χ3n) is 8.20. The number of carbonyl (C=O) groups is 1. The Morgan fingerprint density at radius 1 is 1.03 bits per heavy atom. The van der Waals surface area contributed by atoms with Gasteiger partial charge in [0.1, 0.15) is 19.1 Å². The van der Waals surface area contributed by atoms with E-state index in [0.717, 1.165) is 45.3 Å². The molecule has 8 unspecified atom stereocenters. The summed E-state index contributed by atoms with van der Waals surface area (Å²) in [5.74, 6) is 0.946. The third-order valence-corrected chi connectivity index (χ3v) is 8.20. The highest BCUT2D eigenvalue weighted by Crippen LogP contribution is 2.27. The molecule has 1 amide bonds. The summed E-state index contributed by atoms with van der Waals surface area (Å²) in [4.78, 5) is 12.9. The number of hydrogen-bond donors (Lipinski definition) is 6. The Labute approximate surface area is 206 Å². The molecule has 0 aromatic heterocycles. The molecule has 11 heteroatoms. The molecule has 3 aliphatic heterocycles. The van der Waals surface area contributed by atoms with Gasteiger partial charge in [-0.15, -0.1) is 0 Å². The molecule has 35 heavy (non-hydrogen) atoms. The molecule has 6 N–H and O–H groups in total. The van der Waals surface area contributed by atoms with Gasteiger partial charge in [0.05, 0.1) is 5.92 Å². The van der Waals surface area contributed by atoms with E-state index in [-0.39, 0.29) is 24.2 Å². The van der Waals surface area contributed by atoms with Gasteiger partial charge in [-0.2, -0.15) is 13.2 Å². The van der Waals surface area contributed by atoms with E-state index in [2.05, 4.69) is 38.8 Å². The molecule has 0 aromatic carbocycles. The van der Waals surface area contributed by atoms with Crippen LogP contribution in [-0.2, 0) is 9.53 Å². The highest BCUT2D eigenvalue weighted by molar-refractivity contribution is 5.79. The summed E-state index contributed by atoms with van der Waals surface area (Å²) in [6.07, 6.45) is 2.55. The van der Waals surface area contributed by atoms with Crippen molar-refractivity contribution in [2.45, 2.75) is 95.1 Å². The largest absolute Gasteiger partial charge is 0.411 e. The van der Waals surface area contributed by atoms with Crippen molar-refractivity contribution < 1.29 is 22.7 Å². The molecule has 8 atom stereocenters. The van der Waals surface area contributed by atoms with E-state index in [1.165, 1.54) is 12.8 Å². The van der Waals surface area contributed by atoms with Crippen LogP contribution in [0.25, 0.3) is 0 Å². The Bertz CT molecular complexity index is 670. The number of piperidine rings is 2. The zero-order valence-corrected chi connectivity index (χ0v) is 20.8. The maximum atomic E-state index is 12.9. The lowest BCUT2D eigenvalue weighted by Gasteiger charge is -2.43. The fourth-order valence-corrected chi connectivity index (χ4v) is 6.05. The van der Waals surface area contributed by atoms with Gasteiger partial charge in [0, 0.05) is 24.7 Å². The molecule has 4 rings (SSSR count). The standard InChI is InChI=1S/C24H43F3N6O2/c1-15-4-6-18(31-22(34)17-5-7-21(30-13-17)35-14-24(25,26)27)11-20(15)33-23-29-10-8-19(32-23)16-3-2-9-28-12-16/h15-21,23,28-30,32-33H,2-14H2,1H3,(H,31,34). The van der Waals surface area contributed by atoms with Crippen LogP contribution in [0.15, 0.2) is 0 Å². The summed E-state index contributed by atoms with van der Waals surface area (Å²) in [6, 6.07) is 0.919. The van der Waals surface area contributed by atoms with Crippen LogP contribution in [0.4, 0.5) is 13.2 Å². The van der Waals surface area contributed by atoms with Crippen LogP contribution in [0.5, 0.6) is 0 Å². The lowest BCUT2D eigenvalue weighted by Crippen LogP contribution is -2.66. The van der Waals surface area contributed by atoms with E-state index in [1.807, 2.05) is 0 Å². The number of rotatable bonds is 7. The first-order valence-corrected chi connectivity index (χ1v) is 13.4. The first-order chi connectivity index (χ1) is 16.8. The quantitative estimate of drug-likeness (QED) is 0.312. The Kier molecular flexibility index (Phi) is 9.67. The second kappa shape index (κ2) is 12.5. The number of alkyl halides is 3. The fourth-order valence-electron chi connectivity index (χ4n) is 6.05. The molecular formula is C24H43F3N6O2. The van der Waals surface area contributed by atoms with Crippen molar-refractivity contribution in [3.05, 3.63) is 0 Å². The van der Waals surface area contributed by atoms with Gasteiger partial charge in [0.2, 0.25) is 5.91 Å². The molecule has 3 saturated heterocycles. The van der Waals surface area contributed by atoms with Crippen LogP contribution in [0, 0.1) is 17.8 Å². The van der Waals surface area contributed by atoms with E-state index in [0.29, 0.717) is 43.3 Å². The van der Waals surface area contributed by atoms with Crippen molar-refractivity contribution in [3.63, 3.8) is 0 Å². The number of ether oxygens (including phenoxy) is 1. The number of hydrogen-bond acceptors (Lipinski definition) is 7. The Morgan fingerprint density at radius 3 is 2.60 bits per heavy atom. The van der Waals surface area contributed by atoms with Crippen LogP contribution < -0.4 is 31.9 Å². The van der Waals surface area contributed by atoms with Crippen LogP contribution in [0.3, 0.4) is 0 Å². The molecule has 8 nitrogen and oxygen atoms in total. The summed E-state index contributed by atoms with van der Waals surface area (Å²) in [6.45, 7) is 4.55. The minimum absolute atomic E-state index is 0.0103. The van der Waals surface area contributed by atoms with Crippen molar-refractivity contribution in [2.75, 3.05) is 32.8 Å². The molecule has 4 fully saturated rings. The van der Waals surface area contributed by atoms with Crippen molar-refractivity contribution >= 4 is 5.91 Å². The first-order valence-electron chi connectivity index (χ1n) is 13.4. The molecule has 202 valence electrons. The Hall–Kier alpha value is -0.980. The second-order valence-electron chi connectivity index (χ2n) is 10.9. The average Bonchev–Trinajstić information content (AvgIpc) is 2.85. The highest BCUT2D eigenvalue weighted by Gasteiger charge is 2.35. The second-order valence-corrected chi connectivity index (χ2v) is 10.9. The van der Waals surface area contributed by atoms with Crippen molar-refractivity contribution in [1.82, 2.24) is 31.9 Å². The molecule has 0 bridgehead atoms. The Balaban J connectivity index is 1.20. The zero-order chi connectivity index (χ0) is 24.8. The number of amides is 1.